The highest BCUT2D eigenvalue weighted by atomic mass is 79.9. The molecule has 0 saturated heterocycles. The summed E-state index contributed by atoms with van der Waals surface area (Å²) in [6, 6.07) is 9.42. The Hall–Kier alpha value is -3.06. The molecule has 0 aliphatic rings. The van der Waals surface area contributed by atoms with Gasteiger partial charge in [0.15, 0.2) is 23.0 Å². The fourth-order valence-electron chi connectivity index (χ4n) is 1.79. The number of halogens is 1. The fourth-order valence-corrected chi connectivity index (χ4v) is 1.79. The van der Waals surface area contributed by atoms with Crippen LogP contribution in [-0.2, 0) is 0 Å². The van der Waals surface area contributed by atoms with E-state index >= 15 is 0 Å². The van der Waals surface area contributed by atoms with Gasteiger partial charge in [0.2, 0.25) is 0 Å². The van der Waals surface area contributed by atoms with Crippen molar-refractivity contribution in [2.45, 2.75) is 0 Å². The molecule has 1 N–H and O–H groups in total. The Labute approximate surface area is 179 Å². The zero-order valence-electron chi connectivity index (χ0n) is 16.5. The summed E-state index contributed by atoms with van der Waals surface area (Å²) in [7, 11) is 2.97. The molecule has 0 amide bonds. The van der Waals surface area contributed by atoms with Gasteiger partial charge in [-0.2, -0.15) is 0 Å². The van der Waals surface area contributed by atoms with Gasteiger partial charge in [0.05, 0.1) is 14.2 Å². The van der Waals surface area contributed by atoms with E-state index in [1.54, 1.807) is 30.4 Å². The van der Waals surface area contributed by atoms with Crippen LogP contribution in [0.25, 0.3) is 0 Å². The van der Waals surface area contributed by atoms with Crippen LogP contribution >= 0.6 is 15.9 Å². The summed E-state index contributed by atoms with van der Waals surface area (Å²) < 4.78 is 15.2. The van der Waals surface area contributed by atoms with Crippen LogP contribution in [0.15, 0.2) is 61.7 Å². The number of carbonyl (C=O) groups excluding carboxylic acids is 2. The topological polar surface area (TPSA) is 82.1 Å². The van der Waals surface area contributed by atoms with Crippen LogP contribution in [0.4, 0.5) is 0 Å². The zero-order chi connectivity index (χ0) is 22.1. The van der Waals surface area contributed by atoms with E-state index < -0.39 is 0 Å². The smallest absolute Gasteiger partial charge is 0.161 e. The van der Waals surface area contributed by atoms with Crippen LogP contribution < -0.4 is 14.2 Å². The number of methoxy groups -OCH3 is 2. The van der Waals surface area contributed by atoms with Crippen LogP contribution in [0.3, 0.4) is 0 Å². The first kappa shape index (κ1) is 25.9. The first-order valence-corrected chi connectivity index (χ1v) is 9.49. The molecule has 2 aromatic rings. The van der Waals surface area contributed by atoms with E-state index in [-0.39, 0.29) is 5.75 Å². The van der Waals surface area contributed by atoms with Gasteiger partial charge in [-0.25, -0.2) is 0 Å². The van der Waals surface area contributed by atoms with E-state index in [4.69, 9.17) is 19.3 Å². The first-order chi connectivity index (χ1) is 14.0. The third-order valence-electron chi connectivity index (χ3n) is 3.13. The predicted molar refractivity (Wildman–Crippen MR) is 118 cm³/mol. The molecule has 156 valence electrons. The molecule has 0 heterocycles. The van der Waals surface area contributed by atoms with Crippen LogP contribution in [0.2, 0.25) is 0 Å². The van der Waals surface area contributed by atoms with Gasteiger partial charge in [0, 0.05) is 16.5 Å². The van der Waals surface area contributed by atoms with Gasteiger partial charge in [-0.1, -0.05) is 34.7 Å². The van der Waals surface area contributed by atoms with Gasteiger partial charge in [0.1, 0.15) is 19.2 Å². The summed E-state index contributed by atoms with van der Waals surface area (Å²) in [5.74, 6) is 1.52. The lowest BCUT2D eigenvalue weighted by Crippen LogP contribution is -1.96. The fraction of sp³-hybridized carbons (Fsp3) is 0.182. The van der Waals surface area contributed by atoms with Crippen molar-refractivity contribution in [1.82, 2.24) is 0 Å². The lowest BCUT2D eigenvalue weighted by molar-refractivity contribution is 0.111. The van der Waals surface area contributed by atoms with Crippen molar-refractivity contribution < 1.29 is 28.9 Å². The van der Waals surface area contributed by atoms with Crippen molar-refractivity contribution in [1.29, 1.82) is 0 Å². The summed E-state index contributed by atoms with van der Waals surface area (Å²) in [6.07, 6.45) is 4.90. The largest absolute Gasteiger partial charge is 0.504 e. The summed E-state index contributed by atoms with van der Waals surface area (Å²) >= 11 is 3.13. The molecule has 6 nitrogen and oxygen atoms in total. The maximum atomic E-state index is 10.5. The van der Waals surface area contributed by atoms with E-state index in [2.05, 4.69) is 29.1 Å². The van der Waals surface area contributed by atoms with Gasteiger partial charge >= 0.3 is 0 Å². The third kappa shape index (κ3) is 10.2. The Balaban J connectivity index is 0.000000466. The van der Waals surface area contributed by atoms with Crippen molar-refractivity contribution >= 4 is 28.5 Å². The van der Waals surface area contributed by atoms with E-state index in [0.29, 0.717) is 41.3 Å². The molecular formula is C22H25BrO6. The average Bonchev–Trinajstić information content (AvgIpc) is 2.78. The zero-order valence-corrected chi connectivity index (χ0v) is 18.1. The number of rotatable bonds is 8. The molecule has 0 fully saturated rings. The monoisotopic (exact) mass is 464 g/mol. The molecule has 7 heteroatoms. The van der Waals surface area contributed by atoms with Crippen molar-refractivity contribution in [3.8, 4) is 23.0 Å². The number of hydrogen-bond acceptors (Lipinski definition) is 6. The summed E-state index contributed by atoms with van der Waals surface area (Å²) in [5, 5.41) is 9.99. The minimum Gasteiger partial charge on any atom is -0.504 e. The summed E-state index contributed by atoms with van der Waals surface area (Å²) in [5.41, 5.74) is 1.05. The van der Waals surface area contributed by atoms with E-state index in [0.717, 1.165) is 11.6 Å². The van der Waals surface area contributed by atoms with Crippen molar-refractivity contribution in [2.75, 3.05) is 26.2 Å². The number of hydrogen-bond donors (Lipinski definition) is 1. The predicted octanol–water partition coefficient (Wildman–Crippen LogP) is 4.85. The van der Waals surface area contributed by atoms with Crippen LogP contribution in [0.1, 0.15) is 20.7 Å². The highest BCUT2D eigenvalue weighted by Crippen LogP contribution is 2.27. The Morgan fingerprint density at radius 2 is 1.41 bits per heavy atom. The second kappa shape index (κ2) is 15.9. The van der Waals surface area contributed by atoms with Gasteiger partial charge in [0.25, 0.3) is 0 Å². The lowest BCUT2D eigenvalue weighted by Gasteiger charge is -2.08. The quantitative estimate of drug-likeness (QED) is 0.341. The number of benzene rings is 2. The number of carbonyl (C=O) groups is 2. The Bertz CT molecular complexity index is 789. The standard InChI is InChI=1S/C11H12O3.C8H8O3.C3H5Br/c1-3-6-14-10-5-4-9(8-12)7-11(10)13-2;1-11-8-4-6(5-9)2-3-7(8)10;1-2-3-4/h3-5,7-8H,1,6H2,2H3;2-5,10H,1H3;2H,1,3H2. The normalized spacial score (nSPS) is 8.79. The third-order valence-corrected chi connectivity index (χ3v) is 3.59. The van der Waals surface area contributed by atoms with E-state index in [1.165, 1.54) is 32.4 Å². The number of phenols is 1. The second-order valence-electron chi connectivity index (χ2n) is 5.12. The molecule has 2 aromatic carbocycles. The maximum absolute atomic E-state index is 10.5. The Morgan fingerprint density at radius 1 is 0.897 bits per heavy atom. The van der Waals surface area contributed by atoms with Crippen molar-refractivity contribution in [2.24, 2.45) is 0 Å². The summed E-state index contributed by atoms with van der Waals surface area (Å²) in [6.45, 7) is 7.39. The maximum Gasteiger partial charge on any atom is 0.161 e. The van der Waals surface area contributed by atoms with Crippen molar-refractivity contribution in [3.63, 3.8) is 0 Å². The lowest BCUT2D eigenvalue weighted by atomic mass is 10.2. The number of ether oxygens (including phenoxy) is 3. The molecule has 0 aliphatic carbocycles. The highest BCUT2D eigenvalue weighted by molar-refractivity contribution is 9.09. The average molecular weight is 465 g/mol. The molecule has 0 aromatic heterocycles. The van der Waals surface area contributed by atoms with Crippen LogP contribution in [0, 0.1) is 0 Å². The molecule has 0 spiro atoms. The van der Waals surface area contributed by atoms with Gasteiger partial charge < -0.3 is 19.3 Å². The molecule has 0 aliphatic heterocycles. The number of phenolic OH excluding ortho intramolecular Hbond substituents is 1. The Kier molecular flexibility index (Phi) is 14.3. The summed E-state index contributed by atoms with van der Waals surface area (Å²) in [4.78, 5) is 20.7. The van der Waals surface area contributed by atoms with Gasteiger partial charge in [-0.15, -0.1) is 6.58 Å². The highest BCUT2D eigenvalue weighted by Gasteiger charge is 2.04. The Morgan fingerprint density at radius 3 is 1.86 bits per heavy atom. The molecule has 0 saturated carbocycles. The molecule has 0 atom stereocenters. The number of alkyl halides is 1. The van der Waals surface area contributed by atoms with Crippen molar-refractivity contribution in [3.05, 3.63) is 72.8 Å². The molecule has 0 bridgehead atoms. The SMILES string of the molecule is C=CCBr.C=CCOc1ccc(C=O)cc1OC.COc1cc(C=O)ccc1O. The minimum absolute atomic E-state index is 0.0399. The molecular weight excluding hydrogens is 440 g/mol. The van der Waals surface area contributed by atoms with E-state index in [9.17, 15) is 9.59 Å². The molecule has 0 radical (unpaired) electrons. The van der Waals surface area contributed by atoms with Crippen LogP contribution in [-0.4, -0.2) is 43.8 Å². The molecule has 29 heavy (non-hydrogen) atoms. The minimum atomic E-state index is 0.0399. The second-order valence-corrected chi connectivity index (χ2v) is 5.77. The number of aromatic hydroxyl groups is 1. The van der Waals surface area contributed by atoms with Gasteiger partial charge in [-0.3, -0.25) is 9.59 Å². The number of allylic oxidation sites excluding steroid dienone is 1. The number of aldehydes is 2. The van der Waals surface area contributed by atoms with Gasteiger partial charge in [-0.05, 0) is 36.4 Å². The molecule has 2 rings (SSSR count). The first-order valence-electron chi connectivity index (χ1n) is 8.37. The van der Waals surface area contributed by atoms with Crippen LogP contribution in [0.5, 0.6) is 23.0 Å². The van der Waals surface area contributed by atoms with E-state index in [1.807, 2.05) is 0 Å². The molecule has 0 unspecified atom stereocenters.